The van der Waals surface area contributed by atoms with Gasteiger partial charge in [0.1, 0.15) is 0 Å². The van der Waals surface area contributed by atoms with Crippen molar-refractivity contribution in [3.63, 3.8) is 0 Å². The normalized spacial score (nSPS) is 11.1. The molecule has 0 amide bonds. The van der Waals surface area contributed by atoms with Gasteiger partial charge in [0.15, 0.2) is 11.5 Å². The minimum absolute atomic E-state index is 0.340. The van der Waals surface area contributed by atoms with Crippen LogP contribution in [0.4, 0.5) is 5.95 Å². The van der Waals surface area contributed by atoms with Gasteiger partial charge in [0.05, 0.1) is 31.8 Å². The van der Waals surface area contributed by atoms with E-state index in [0.717, 1.165) is 22.2 Å². The Morgan fingerprint density at radius 3 is 2.67 bits per heavy atom. The summed E-state index contributed by atoms with van der Waals surface area (Å²) in [5.74, 6) is 1.66. The number of anilines is 1. The number of ether oxygens (including phenoxy) is 2. The minimum Gasteiger partial charge on any atom is -0.493 e. The summed E-state index contributed by atoms with van der Waals surface area (Å²) in [5, 5.41) is 4.34. The van der Waals surface area contributed by atoms with Crippen LogP contribution in [0, 0.1) is 6.92 Å². The predicted molar refractivity (Wildman–Crippen MR) is 111 cm³/mol. The van der Waals surface area contributed by atoms with Crippen LogP contribution in [0.3, 0.4) is 0 Å². The lowest BCUT2D eigenvalue weighted by atomic mass is 10.2. The zero-order valence-corrected chi connectivity index (χ0v) is 16.8. The van der Waals surface area contributed by atoms with Crippen molar-refractivity contribution in [1.29, 1.82) is 0 Å². The molecule has 0 aliphatic carbocycles. The van der Waals surface area contributed by atoms with E-state index >= 15 is 0 Å². The molecule has 3 aromatic rings. The zero-order chi connectivity index (χ0) is 19.2. The van der Waals surface area contributed by atoms with Gasteiger partial charge in [-0.3, -0.25) is 0 Å². The Labute approximate surface area is 166 Å². The third-order valence-corrected chi connectivity index (χ3v) is 4.62. The molecule has 2 aromatic carbocycles. The highest BCUT2D eigenvalue weighted by Crippen LogP contribution is 2.33. The standard InChI is InChI=1S/C20H21BrN4O2/c1-14-13-25(20(22)24-14)23-12-16-10-18(26-2)19(11-17(16)21)27-9-8-15-6-4-3-5-7-15/h3-7,10-13H,8-9H2,1-2H3,(H2,22,24). The topological polar surface area (TPSA) is 74.7 Å². The Hall–Kier alpha value is -2.80. The number of benzene rings is 2. The molecule has 6 nitrogen and oxygen atoms in total. The Bertz CT molecular complexity index is 939. The van der Waals surface area contributed by atoms with Crippen molar-refractivity contribution >= 4 is 28.1 Å². The van der Waals surface area contributed by atoms with Crippen molar-refractivity contribution in [2.75, 3.05) is 19.5 Å². The maximum atomic E-state index is 5.92. The molecule has 0 atom stereocenters. The van der Waals surface area contributed by atoms with Gasteiger partial charge < -0.3 is 15.2 Å². The van der Waals surface area contributed by atoms with Gasteiger partial charge in [0, 0.05) is 16.5 Å². The molecular weight excluding hydrogens is 408 g/mol. The van der Waals surface area contributed by atoms with Crippen molar-refractivity contribution in [2.24, 2.45) is 5.10 Å². The first-order valence-corrected chi connectivity index (χ1v) is 9.26. The van der Waals surface area contributed by atoms with Crippen LogP contribution in [0.25, 0.3) is 0 Å². The lowest BCUT2D eigenvalue weighted by Crippen LogP contribution is -2.03. The molecule has 0 spiro atoms. The number of aromatic nitrogens is 2. The van der Waals surface area contributed by atoms with Gasteiger partial charge in [-0.1, -0.05) is 30.3 Å². The third kappa shape index (κ3) is 4.89. The van der Waals surface area contributed by atoms with Gasteiger partial charge >= 0.3 is 0 Å². The summed E-state index contributed by atoms with van der Waals surface area (Å²) in [6.07, 6.45) is 4.28. The SMILES string of the molecule is COc1cc(C=Nn2cc(C)nc2N)c(Br)cc1OCCc1ccccc1. The van der Waals surface area contributed by atoms with Crippen molar-refractivity contribution in [2.45, 2.75) is 13.3 Å². The van der Waals surface area contributed by atoms with Crippen LogP contribution in [-0.4, -0.2) is 29.6 Å². The summed E-state index contributed by atoms with van der Waals surface area (Å²) in [7, 11) is 1.62. The highest BCUT2D eigenvalue weighted by atomic mass is 79.9. The maximum Gasteiger partial charge on any atom is 0.221 e. The van der Waals surface area contributed by atoms with Crippen molar-refractivity contribution in [3.05, 3.63) is 70.0 Å². The molecule has 0 fully saturated rings. The smallest absolute Gasteiger partial charge is 0.221 e. The van der Waals surface area contributed by atoms with E-state index in [2.05, 4.69) is 38.1 Å². The first-order valence-electron chi connectivity index (χ1n) is 8.47. The average Bonchev–Trinajstić information content (AvgIpc) is 2.99. The number of hydrogen-bond acceptors (Lipinski definition) is 5. The van der Waals surface area contributed by atoms with Gasteiger partial charge in [0.25, 0.3) is 0 Å². The van der Waals surface area contributed by atoms with E-state index in [1.807, 2.05) is 37.3 Å². The molecule has 0 radical (unpaired) electrons. The van der Waals surface area contributed by atoms with Crippen LogP contribution in [0.2, 0.25) is 0 Å². The van der Waals surface area contributed by atoms with Crippen LogP contribution in [0.15, 0.2) is 58.2 Å². The number of rotatable bonds is 7. The van der Waals surface area contributed by atoms with Gasteiger partial charge in [-0.05, 0) is 40.5 Å². The lowest BCUT2D eigenvalue weighted by Gasteiger charge is -2.12. The Balaban J connectivity index is 1.73. The molecular formula is C20H21BrN4O2. The number of imidazole rings is 1. The molecule has 0 aliphatic rings. The molecule has 7 heteroatoms. The molecule has 1 heterocycles. The summed E-state index contributed by atoms with van der Waals surface area (Å²) in [4.78, 5) is 4.12. The molecule has 0 saturated heterocycles. The second-order valence-electron chi connectivity index (χ2n) is 5.94. The highest BCUT2D eigenvalue weighted by Gasteiger charge is 2.10. The maximum absolute atomic E-state index is 5.92. The molecule has 0 bridgehead atoms. The number of nitrogens with zero attached hydrogens (tertiary/aromatic N) is 3. The Morgan fingerprint density at radius 2 is 2.00 bits per heavy atom. The number of methoxy groups -OCH3 is 1. The molecule has 140 valence electrons. The number of nitrogen functional groups attached to an aromatic ring is 1. The van der Waals surface area contributed by atoms with Gasteiger partial charge in [-0.25, -0.2) is 9.66 Å². The largest absolute Gasteiger partial charge is 0.493 e. The summed E-state index contributed by atoms with van der Waals surface area (Å²) in [5.41, 5.74) is 8.69. The minimum atomic E-state index is 0.340. The fraction of sp³-hybridized carbons (Fsp3) is 0.200. The number of nitrogens with two attached hydrogens (primary N) is 1. The van der Waals surface area contributed by atoms with E-state index in [-0.39, 0.29) is 0 Å². The molecule has 1 aromatic heterocycles. The lowest BCUT2D eigenvalue weighted by molar-refractivity contribution is 0.297. The third-order valence-electron chi connectivity index (χ3n) is 3.93. The van der Waals surface area contributed by atoms with Crippen molar-refractivity contribution in [1.82, 2.24) is 9.66 Å². The second kappa shape index (κ2) is 8.73. The van der Waals surface area contributed by atoms with E-state index in [9.17, 15) is 0 Å². The zero-order valence-electron chi connectivity index (χ0n) is 15.2. The monoisotopic (exact) mass is 428 g/mol. The highest BCUT2D eigenvalue weighted by molar-refractivity contribution is 9.10. The van der Waals surface area contributed by atoms with Crippen molar-refractivity contribution in [3.8, 4) is 11.5 Å². The first kappa shape index (κ1) is 19.0. The van der Waals surface area contributed by atoms with Gasteiger partial charge in [0.2, 0.25) is 5.95 Å². The molecule has 0 saturated carbocycles. The predicted octanol–water partition coefficient (Wildman–Crippen LogP) is 4.05. The number of halogens is 1. The van der Waals surface area contributed by atoms with Crippen LogP contribution < -0.4 is 15.2 Å². The quantitative estimate of drug-likeness (QED) is 0.575. The summed E-state index contributed by atoms with van der Waals surface area (Å²) in [6.45, 7) is 2.42. The Kier molecular flexibility index (Phi) is 6.13. The van der Waals surface area contributed by atoms with Gasteiger partial charge in [-0.15, -0.1) is 0 Å². The molecule has 0 aliphatic heterocycles. The second-order valence-corrected chi connectivity index (χ2v) is 6.79. The Morgan fingerprint density at radius 1 is 1.22 bits per heavy atom. The van der Waals surface area contributed by atoms with Crippen molar-refractivity contribution < 1.29 is 9.47 Å². The molecule has 3 rings (SSSR count). The average molecular weight is 429 g/mol. The molecule has 2 N–H and O–H groups in total. The van der Waals surface area contributed by atoms with E-state index in [0.29, 0.717) is 24.1 Å². The van der Waals surface area contributed by atoms with E-state index in [1.165, 1.54) is 10.2 Å². The summed E-state index contributed by atoms with van der Waals surface area (Å²) in [6, 6.07) is 14.0. The van der Waals surface area contributed by atoms with Gasteiger partial charge in [-0.2, -0.15) is 5.10 Å². The summed E-state index contributed by atoms with van der Waals surface area (Å²) >= 11 is 3.56. The van der Waals surface area contributed by atoms with Crippen LogP contribution in [-0.2, 0) is 6.42 Å². The van der Waals surface area contributed by atoms with E-state index in [1.54, 1.807) is 19.5 Å². The fourth-order valence-corrected chi connectivity index (χ4v) is 2.99. The first-order chi connectivity index (χ1) is 13.1. The van der Waals surface area contributed by atoms with E-state index in [4.69, 9.17) is 15.2 Å². The molecule has 0 unspecified atom stereocenters. The fourth-order valence-electron chi connectivity index (χ4n) is 2.57. The number of aryl methyl sites for hydroxylation is 1. The summed E-state index contributed by atoms with van der Waals surface area (Å²) < 4.78 is 13.8. The van der Waals surface area contributed by atoms with E-state index < -0.39 is 0 Å². The number of hydrogen-bond donors (Lipinski definition) is 1. The van der Waals surface area contributed by atoms with Crippen LogP contribution in [0.5, 0.6) is 11.5 Å². The van der Waals surface area contributed by atoms with Crippen LogP contribution >= 0.6 is 15.9 Å². The molecule has 27 heavy (non-hydrogen) atoms. The van der Waals surface area contributed by atoms with Crippen LogP contribution in [0.1, 0.15) is 16.8 Å².